The average molecular weight is 302 g/mol. The quantitative estimate of drug-likeness (QED) is 0.902. The Morgan fingerprint density at radius 1 is 1.41 bits per heavy atom. The third-order valence-electron chi connectivity index (χ3n) is 4.16. The van der Waals surface area contributed by atoms with Gasteiger partial charge in [-0.2, -0.15) is 5.26 Å². The molecule has 1 N–H and O–H groups in total. The number of carbonyl (C=O) groups is 1. The minimum Gasteiger partial charge on any atom is -0.482 e. The van der Waals surface area contributed by atoms with Gasteiger partial charge in [-0.05, 0) is 25.0 Å². The Morgan fingerprint density at radius 2 is 2.14 bits per heavy atom. The number of nitrogens with zero attached hydrogens (tertiary/aromatic N) is 2. The topological polar surface area (TPSA) is 73.6 Å². The molecule has 1 fully saturated rings. The van der Waals surface area contributed by atoms with Crippen molar-refractivity contribution in [3.05, 3.63) is 29.8 Å². The van der Waals surface area contributed by atoms with Gasteiger partial charge < -0.3 is 14.7 Å². The van der Waals surface area contributed by atoms with Crippen molar-refractivity contribution in [1.82, 2.24) is 4.90 Å². The minimum absolute atomic E-state index is 0.0992. The zero-order valence-corrected chi connectivity index (χ0v) is 12.9. The number of aliphatic hydroxyl groups excluding tert-OH is 1. The fourth-order valence-corrected chi connectivity index (χ4v) is 2.79. The molecule has 1 aromatic carbocycles. The van der Waals surface area contributed by atoms with Crippen molar-refractivity contribution in [3.63, 3.8) is 0 Å². The predicted octanol–water partition coefficient (Wildman–Crippen LogP) is 1.95. The molecule has 5 nitrogen and oxygen atoms in total. The first kappa shape index (κ1) is 16.3. The molecular weight excluding hydrogens is 280 g/mol. The first-order valence-electron chi connectivity index (χ1n) is 7.65. The Morgan fingerprint density at radius 3 is 2.86 bits per heavy atom. The maximum Gasteiger partial charge on any atom is 0.260 e. The smallest absolute Gasteiger partial charge is 0.260 e. The molecule has 1 saturated carbocycles. The largest absolute Gasteiger partial charge is 0.482 e. The Balaban J connectivity index is 1.85. The van der Waals surface area contributed by atoms with Gasteiger partial charge in [0.1, 0.15) is 11.8 Å². The van der Waals surface area contributed by atoms with Crippen LogP contribution in [0.5, 0.6) is 5.75 Å². The summed E-state index contributed by atoms with van der Waals surface area (Å²) in [5.74, 6) is 0.420. The molecule has 2 unspecified atom stereocenters. The molecule has 0 saturated heterocycles. The van der Waals surface area contributed by atoms with Crippen molar-refractivity contribution in [2.24, 2.45) is 5.92 Å². The number of likely N-dealkylation sites (N-methyl/N-ethyl adjacent to an activating group) is 1. The molecule has 1 aromatic rings. The van der Waals surface area contributed by atoms with Gasteiger partial charge in [0.25, 0.3) is 5.91 Å². The van der Waals surface area contributed by atoms with Gasteiger partial charge in [-0.3, -0.25) is 4.79 Å². The average Bonchev–Trinajstić information content (AvgIpc) is 2.54. The number of amides is 1. The molecule has 22 heavy (non-hydrogen) atoms. The number of carbonyl (C=O) groups excluding carboxylic acids is 1. The van der Waals surface area contributed by atoms with Crippen molar-refractivity contribution in [2.45, 2.75) is 31.8 Å². The molecule has 1 aliphatic carbocycles. The number of hydrogen-bond donors (Lipinski definition) is 1. The Kier molecular flexibility index (Phi) is 5.79. The molecule has 2 atom stereocenters. The second kappa shape index (κ2) is 7.81. The van der Waals surface area contributed by atoms with E-state index >= 15 is 0 Å². The van der Waals surface area contributed by atoms with Crippen LogP contribution < -0.4 is 4.74 Å². The van der Waals surface area contributed by atoms with E-state index in [1.807, 2.05) is 6.07 Å². The monoisotopic (exact) mass is 302 g/mol. The highest BCUT2D eigenvalue weighted by atomic mass is 16.5. The Labute approximate surface area is 131 Å². The molecule has 0 aromatic heterocycles. The van der Waals surface area contributed by atoms with Crippen LogP contribution in [0, 0.1) is 17.2 Å². The number of nitriles is 1. The van der Waals surface area contributed by atoms with Crippen LogP contribution in [0.3, 0.4) is 0 Å². The summed E-state index contributed by atoms with van der Waals surface area (Å²) < 4.78 is 5.45. The van der Waals surface area contributed by atoms with E-state index in [1.54, 1.807) is 36.2 Å². The Hall–Kier alpha value is -2.06. The second-order valence-corrected chi connectivity index (χ2v) is 5.78. The van der Waals surface area contributed by atoms with Crippen LogP contribution in [-0.4, -0.2) is 42.2 Å². The fraction of sp³-hybridized carbons (Fsp3) is 0.529. The molecular formula is C17H22N2O3. The standard InChI is InChI=1S/C17H22N2O3/c1-19(11-14-7-2-4-8-15(14)20)17(21)12-22-16-9-5-3-6-13(16)10-18/h3,5-6,9,14-15,20H,2,4,7-8,11-12H2,1H3. The first-order valence-corrected chi connectivity index (χ1v) is 7.65. The van der Waals surface area contributed by atoms with Crippen LogP contribution >= 0.6 is 0 Å². The fourth-order valence-electron chi connectivity index (χ4n) is 2.79. The van der Waals surface area contributed by atoms with Gasteiger partial charge in [-0.25, -0.2) is 0 Å². The van der Waals surface area contributed by atoms with Gasteiger partial charge in [-0.1, -0.05) is 25.0 Å². The van der Waals surface area contributed by atoms with Crippen LogP contribution in [0.4, 0.5) is 0 Å². The van der Waals surface area contributed by atoms with Crippen molar-refractivity contribution >= 4 is 5.91 Å². The number of ether oxygens (including phenoxy) is 1. The third kappa shape index (κ3) is 4.22. The maximum absolute atomic E-state index is 12.1. The molecule has 5 heteroatoms. The highest BCUT2D eigenvalue weighted by Gasteiger charge is 2.25. The molecule has 0 heterocycles. The van der Waals surface area contributed by atoms with Crippen LogP contribution in [-0.2, 0) is 4.79 Å². The predicted molar refractivity (Wildman–Crippen MR) is 82.3 cm³/mol. The normalized spacial score (nSPS) is 21.0. The van der Waals surface area contributed by atoms with E-state index in [2.05, 4.69) is 0 Å². The molecule has 0 spiro atoms. The minimum atomic E-state index is -0.316. The molecule has 0 bridgehead atoms. The molecule has 1 aliphatic rings. The molecule has 1 amide bonds. The zero-order valence-electron chi connectivity index (χ0n) is 12.9. The van der Waals surface area contributed by atoms with Crippen molar-refractivity contribution in [2.75, 3.05) is 20.2 Å². The number of rotatable bonds is 5. The third-order valence-corrected chi connectivity index (χ3v) is 4.16. The van der Waals surface area contributed by atoms with Gasteiger partial charge in [0.05, 0.1) is 11.7 Å². The zero-order chi connectivity index (χ0) is 15.9. The molecule has 0 aliphatic heterocycles. The lowest BCUT2D eigenvalue weighted by atomic mass is 9.86. The van der Waals surface area contributed by atoms with Crippen molar-refractivity contribution < 1.29 is 14.6 Å². The van der Waals surface area contributed by atoms with Gasteiger partial charge >= 0.3 is 0 Å². The molecule has 0 radical (unpaired) electrons. The number of para-hydroxylation sites is 1. The second-order valence-electron chi connectivity index (χ2n) is 5.78. The van der Waals surface area contributed by atoms with Crippen molar-refractivity contribution in [3.8, 4) is 11.8 Å². The van der Waals surface area contributed by atoms with Crippen LogP contribution in [0.2, 0.25) is 0 Å². The van der Waals surface area contributed by atoms with E-state index in [0.29, 0.717) is 17.9 Å². The van der Waals surface area contributed by atoms with E-state index in [1.165, 1.54) is 0 Å². The first-order chi connectivity index (χ1) is 10.6. The van der Waals surface area contributed by atoms with E-state index in [0.717, 1.165) is 25.7 Å². The number of aliphatic hydroxyl groups is 1. The van der Waals surface area contributed by atoms with Crippen LogP contribution in [0.15, 0.2) is 24.3 Å². The van der Waals surface area contributed by atoms with Gasteiger partial charge in [0.2, 0.25) is 0 Å². The van der Waals surface area contributed by atoms with E-state index in [4.69, 9.17) is 10.00 Å². The van der Waals surface area contributed by atoms with E-state index < -0.39 is 0 Å². The highest BCUT2D eigenvalue weighted by Crippen LogP contribution is 2.25. The highest BCUT2D eigenvalue weighted by molar-refractivity contribution is 5.77. The summed E-state index contributed by atoms with van der Waals surface area (Å²) >= 11 is 0. The van der Waals surface area contributed by atoms with Crippen LogP contribution in [0.25, 0.3) is 0 Å². The number of benzene rings is 1. The summed E-state index contributed by atoms with van der Waals surface area (Å²) in [5.41, 5.74) is 0.417. The summed E-state index contributed by atoms with van der Waals surface area (Å²) in [6.07, 6.45) is 3.62. The summed E-state index contributed by atoms with van der Waals surface area (Å²) in [6.45, 7) is 0.446. The molecule has 118 valence electrons. The lowest BCUT2D eigenvalue weighted by Crippen LogP contribution is -2.40. The summed E-state index contributed by atoms with van der Waals surface area (Å²) in [4.78, 5) is 13.7. The maximum atomic E-state index is 12.1. The number of hydrogen-bond acceptors (Lipinski definition) is 4. The lowest BCUT2D eigenvalue weighted by molar-refractivity contribution is -0.133. The SMILES string of the molecule is CN(CC1CCCCC1O)C(=O)COc1ccccc1C#N. The van der Waals surface area contributed by atoms with Gasteiger partial charge in [-0.15, -0.1) is 0 Å². The molecule has 2 rings (SSSR count). The summed E-state index contributed by atoms with van der Waals surface area (Å²) in [7, 11) is 1.73. The lowest BCUT2D eigenvalue weighted by Gasteiger charge is -2.31. The van der Waals surface area contributed by atoms with Gasteiger partial charge in [0, 0.05) is 19.5 Å². The Bertz CT molecular complexity index is 553. The van der Waals surface area contributed by atoms with Gasteiger partial charge in [0.15, 0.2) is 6.61 Å². The van der Waals surface area contributed by atoms with Crippen molar-refractivity contribution in [1.29, 1.82) is 5.26 Å². The van der Waals surface area contributed by atoms with E-state index in [9.17, 15) is 9.90 Å². The summed E-state index contributed by atoms with van der Waals surface area (Å²) in [5, 5.41) is 19.0. The summed E-state index contributed by atoms with van der Waals surface area (Å²) in [6, 6.07) is 8.89. The van der Waals surface area contributed by atoms with Crippen LogP contribution in [0.1, 0.15) is 31.2 Å². The van der Waals surface area contributed by atoms with E-state index in [-0.39, 0.29) is 24.5 Å².